The first-order chi connectivity index (χ1) is 12.2. The average molecular weight is 388 g/mol. The molecule has 1 N–H and O–H groups in total. The Morgan fingerprint density at radius 2 is 2.15 bits per heavy atom. The molecule has 0 aliphatic carbocycles. The van der Waals surface area contributed by atoms with Crippen LogP contribution < -0.4 is 10.1 Å². The Bertz CT molecular complexity index is 764. The molecule has 0 bridgehead atoms. The predicted molar refractivity (Wildman–Crippen MR) is 92.2 cm³/mol. The molecule has 1 unspecified atom stereocenters. The lowest BCUT2D eigenvalue weighted by Crippen LogP contribution is -2.23. The summed E-state index contributed by atoms with van der Waals surface area (Å²) >= 11 is 1.15. The number of hydrogen-bond donors (Lipinski definition) is 1. The zero-order valence-corrected chi connectivity index (χ0v) is 15.3. The molecule has 0 aliphatic rings. The number of carbonyl (C=O) groups excluding carboxylic acids is 1. The first-order valence-electron chi connectivity index (χ1n) is 7.88. The van der Waals surface area contributed by atoms with E-state index in [1.54, 1.807) is 18.5 Å². The third-order valence-electron chi connectivity index (χ3n) is 3.35. The van der Waals surface area contributed by atoms with Gasteiger partial charge in [0.2, 0.25) is 5.91 Å². The Kier molecular flexibility index (Phi) is 6.52. The highest BCUT2D eigenvalue weighted by molar-refractivity contribution is 8.00. The predicted octanol–water partition coefficient (Wildman–Crippen LogP) is 3.74. The van der Waals surface area contributed by atoms with E-state index in [4.69, 9.17) is 4.74 Å². The lowest BCUT2D eigenvalue weighted by Gasteiger charge is -2.17. The summed E-state index contributed by atoms with van der Waals surface area (Å²) in [5.74, 6) is -0.261. The van der Waals surface area contributed by atoms with Crippen LogP contribution in [0.3, 0.4) is 0 Å². The first-order valence-corrected chi connectivity index (χ1v) is 8.76. The van der Waals surface area contributed by atoms with Gasteiger partial charge in [0.1, 0.15) is 12.1 Å². The maximum atomic E-state index is 13.0. The maximum absolute atomic E-state index is 13.0. The van der Waals surface area contributed by atoms with Gasteiger partial charge in [-0.05, 0) is 31.5 Å². The number of hydrogen-bond acceptors (Lipinski definition) is 5. The first kappa shape index (κ1) is 20.1. The van der Waals surface area contributed by atoms with Gasteiger partial charge in [-0.2, -0.15) is 13.2 Å². The molecule has 0 spiro atoms. The molecule has 6 nitrogen and oxygen atoms in total. The fraction of sp³-hybridized carbons (Fsp3) is 0.438. The quantitative estimate of drug-likeness (QED) is 0.732. The number of amides is 1. The summed E-state index contributed by atoms with van der Waals surface area (Å²) in [6, 6.07) is 3.02. The van der Waals surface area contributed by atoms with Crippen molar-refractivity contribution in [1.29, 1.82) is 0 Å². The van der Waals surface area contributed by atoms with E-state index in [-0.39, 0.29) is 11.4 Å². The molecular weight excluding hydrogens is 369 g/mol. The van der Waals surface area contributed by atoms with Crippen LogP contribution in [0, 0.1) is 0 Å². The standard InChI is InChI=1S/C16H19F3N4O2S/c1-4-7-25-13-6-5-11(16(17,18)19)8-12(13)21-14(24)10(2)26-15-22-20-9-23(15)3/h5-6,8-10H,4,7H2,1-3H3,(H,21,24). The molecular formula is C16H19F3N4O2S. The average Bonchev–Trinajstić information content (AvgIpc) is 2.97. The molecule has 1 aromatic heterocycles. The Morgan fingerprint density at radius 3 is 2.73 bits per heavy atom. The molecule has 2 rings (SSSR count). The highest BCUT2D eigenvalue weighted by Gasteiger charge is 2.31. The van der Waals surface area contributed by atoms with Crippen molar-refractivity contribution >= 4 is 23.4 Å². The van der Waals surface area contributed by atoms with Crippen LogP contribution in [-0.2, 0) is 18.0 Å². The number of anilines is 1. The summed E-state index contributed by atoms with van der Waals surface area (Å²) in [6.07, 6.45) is -2.33. The Balaban J connectivity index is 2.18. The van der Waals surface area contributed by atoms with Gasteiger partial charge in [-0.3, -0.25) is 4.79 Å². The van der Waals surface area contributed by atoms with Crippen LogP contribution in [0.5, 0.6) is 5.75 Å². The number of benzene rings is 1. The second kappa shape index (κ2) is 8.43. The fourth-order valence-corrected chi connectivity index (χ4v) is 2.76. The van der Waals surface area contributed by atoms with Crippen molar-refractivity contribution in [2.45, 2.75) is 36.9 Å². The van der Waals surface area contributed by atoms with Crippen LogP contribution in [0.4, 0.5) is 18.9 Å². The monoisotopic (exact) mass is 388 g/mol. The van der Waals surface area contributed by atoms with E-state index in [9.17, 15) is 18.0 Å². The van der Waals surface area contributed by atoms with E-state index in [0.29, 0.717) is 18.2 Å². The number of aryl methyl sites for hydroxylation is 1. The van der Waals surface area contributed by atoms with Gasteiger partial charge in [-0.1, -0.05) is 18.7 Å². The number of carbonyl (C=O) groups is 1. The Morgan fingerprint density at radius 1 is 1.42 bits per heavy atom. The highest BCUT2D eigenvalue weighted by Crippen LogP contribution is 2.35. The molecule has 10 heteroatoms. The van der Waals surface area contributed by atoms with E-state index < -0.39 is 22.9 Å². The topological polar surface area (TPSA) is 69.0 Å². The van der Waals surface area contributed by atoms with Crippen molar-refractivity contribution in [3.05, 3.63) is 30.1 Å². The Hall–Kier alpha value is -2.23. The van der Waals surface area contributed by atoms with Crippen molar-refractivity contribution in [2.75, 3.05) is 11.9 Å². The van der Waals surface area contributed by atoms with E-state index in [2.05, 4.69) is 15.5 Å². The van der Waals surface area contributed by atoms with E-state index in [0.717, 1.165) is 23.9 Å². The third-order valence-corrected chi connectivity index (χ3v) is 4.50. The molecule has 0 radical (unpaired) electrons. The second-order valence-electron chi connectivity index (χ2n) is 5.53. The largest absolute Gasteiger partial charge is 0.491 e. The van der Waals surface area contributed by atoms with Gasteiger partial charge in [-0.25, -0.2) is 0 Å². The molecule has 0 fully saturated rings. The molecule has 142 valence electrons. The molecule has 1 aromatic carbocycles. The molecule has 26 heavy (non-hydrogen) atoms. The molecule has 0 saturated carbocycles. The van der Waals surface area contributed by atoms with Crippen molar-refractivity contribution in [1.82, 2.24) is 14.8 Å². The lowest BCUT2D eigenvalue weighted by molar-refractivity contribution is -0.137. The van der Waals surface area contributed by atoms with Gasteiger partial charge in [0.15, 0.2) is 5.16 Å². The van der Waals surface area contributed by atoms with Gasteiger partial charge in [0.05, 0.1) is 23.1 Å². The van der Waals surface area contributed by atoms with E-state index >= 15 is 0 Å². The summed E-state index contributed by atoms with van der Waals surface area (Å²) in [5, 5.41) is 10.0. The Labute approximate surface area is 153 Å². The smallest absolute Gasteiger partial charge is 0.416 e. The number of ether oxygens (including phenoxy) is 1. The minimum absolute atomic E-state index is 0.0105. The SMILES string of the molecule is CCCOc1ccc(C(F)(F)F)cc1NC(=O)C(C)Sc1nncn1C. The van der Waals surface area contributed by atoms with Crippen molar-refractivity contribution < 1.29 is 22.7 Å². The summed E-state index contributed by atoms with van der Waals surface area (Å²) in [7, 11) is 1.73. The van der Waals surface area contributed by atoms with Gasteiger partial charge in [0, 0.05) is 7.05 Å². The fourth-order valence-electron chi connectivity index (χ4n) is 1.97. The number of nitrogens with one attached hydrogen (secondary N) is 1. The normalized spacial score (nSPS) is 12.7. The summed E-state index contributed by atoms with van der Waals surface area (Å²) in [4.78, 5) is 12.4. The zero-order valence-electron chi connectivity index (χ0n) is 14.5. The molecule has 2 aromatic rings. The van der Waals surface area contributed by atoms with E-state index in [1.165, 1.54) is 12.4 Å². The van der Waals surface area contributed by atoms with Crippen LogP contribution in [0.1, 0.15) is 25.8 Å². The van der Waals surface area contributed by atoms with Crippen LogP contribution in [0.25, 0.3) is 0 Å². The van der Waals surface area contributed by atoms with Crippen LogP contribution in [-0.4, -0.2) is 32.5 Å². The summed E-state index contributed by atoms with van der Waals surface area (Å²) in [6.45, 7) is 3.84. The highest BCUT2D eigenvalue weighted by atomic mass is 32.2. The number of nitrogens with zero attached hydrogens (tertiary/aromatic N) is 3. The van der Waals surface area contributed by atoms with Gasteiger partial charge < -0.3 is 14.6 Å². The van der Waals surface area contributed by atoms with Gasteiger partial charge in [-0.15, -0.1) is 10.2 Å². The van der Waals surface area contributed by atoms with Crippen LogP contribution in [0.2, 0.25) is 0 Å². The number of aromatic nitrogens is 3. The van der Waals surface area contributed by atoms with Gasteiger partial charge >= 0.3 is 6.18 Å². The van der Waals surface area contributed by atoms with Crippen molar-refractivity contribution in [2.24, 2.45) is 7.05 Å². The minimum Gasteiger partial charge on any atom is -0.491 e. The molecule has 0 aliphatic heterocycles. The van der Waals surface area contributed by atoms with Crippen molar-refractivity contribution in [3.8, 4) is 5.75 Å². The summed E-state index contributed by atoms with van der Waals surface area (Å²) in [5.41, 5.74) is -0.867. The number of halogens is 3. The minimum atomic E-state index is -4.51. The number of alkyl halides is 3. The molecule has 1 amide bonds. The van der Waals surface area contributed by atoms with Crippen LogP contribution >= 0.6 is 11.8 Å². The van der Waals surface area contributed by atoms with Crippen LogP contribution in [0.15, 0.2) is 29.7 Å². The third kappa shape index (κ3) is 5.13. The van der Waals surface area contributed by atoms with Gasteiger partial charge in [0.25, 0.3) is 0 Å². The van der Waals surface area contributed by atoms with Crippen molar-refractivity contribution in [3.63, 3.8) is 0 Å². The maximum Gasteiger partial charge on any atom is 0.416 e. The number of thioether (sulfide) groups is 1. The summed E-state index contributed by atoms with van der Waals surface area (Å²) < 4.78 is 46.0. The molecule has 0 saturated heterocycles. The zero-order chi connectivity index (χ0) is 19.3. The number of rotatable bonds is 7. The molecule has 1 heterocycles. The second-order valence-corrected chi connectivity index (χ2v) is 6.84. The molecule has 1 atom stereocenters. The van der Waals surface area contributed by atoms with E-state index in [1.807, 2.05) is 6.92 Å². The lowest BCUT2D eigenvalue weighted by atomic mass is 10.1.